The fourth-order valence-corrected chi connectivity index (χ4v) is 1.43. The summed E-state index contributed by atoms with van der Waals surface area (Å²) in [6.07, 6.45) is -4.77. The van der Waals surface area contributed by atoms with Crippen LogP contribution in [0.5, 0.6) is 0 Å². The molecule has 1 atom stereocenters. The molecule has 0 saturated carbocycles. The van der Waals surface area contributed by atoms with Gasteiger partial charge >= 0.3 is 12.3 Å². The molecule has 1 aliphatic heterocycles. The highest BCUT2D eigenvalue weighted by Gasteiger charge is 2.30. The summed E-state index contributed by atoms with van der Waals surface area (Å²) in [6.45, 7) is -0.367. The molecule has 1 amide bonds. The molecule has 1 heterocycles. The Balaban J connectivity index is 2.09. The highest BCUT2D eigenvalue weighted by Crippen LogP contribution is 2.15. The van der Waals surface area contributed by atoms with E-state index in [9.17, 15) is 18.0 Å². The lowest BCUT2D eigenvalue weighted by atomic mass is 10.3. The van der Waals surface area contributed by atoms with Gasteiger partial charge in [-0.15, -0.1) is 0 Å². The van der Waals surface area contributed by atoms with Crippen LogP contribution in [0.1, 0.15) is 6.42 Å². The predicted molar refractivity (Wildman–Crippen MR) is 52.4 cm³/mol. The highest BCUT2D eigenvalue weighted by molar-refractivity contribution is 5.69. The summed E-state index contributed by atoms with van der Waals surface area (Å²) in [7, 11) is 0. The Morgan fingerprint density at radius 3 is 2.76 bits per heavy atom. The van der Waals surface area contributed by atoms with Crippen LogP contribution in [0.25, 0.3) is 0 Å². The fourth-order valence-electron chi connectivity index (χ4n) is 1.43. The van der Waals surface area contributed by atoms with Crippen LogP contribution < -0.4 is 5.73 Å². The van der Waals surface area contributed by atoms with Gasteiger partial charge in [-0.1, -0.05) is 0 Å². The van der Waals surface area contributed by atoms with Crippen molar-refractivity contribution in [3.05, 3.63) is 0 Å². The van der Waals surface area contributed by atoms with Gasteiger partial charge in [0.25, 0.3) is 0 Å². The van der Waals surface area contributed by atoms with Crippen LogP contribution in [-0.2, 0) is 9.47 Å². The van der Waals surface area contributed by atoms with Crippen molar-refractivity contribution >= 4 is 6.09 Å². The number of halogens is 3. The van der Waals surface area contributed by atoms with Crippen LogP contribution in [0.4, 0.5) is 18.0 Å². The highest BCUT2D eigenvalue weighted by atomic mass is 19.4. The first kappa shape index (κ1) is 14.0. The summed E-state index contributed by atoms with van der Waals surface area (Å²) in [5, 5.41) is 0. The summed E-state index contributed by atoms with van der Waals surface area (Å²) in [5.74, 6) is 0. The van der Waals surface area contributed by atoms with E-state index in [0.29, 0.717) is 19.5 Å². The maximum absolute atomic E-state index is 11.7. The van der Waals surface area contributed by atoms with Gasteiger partial charge in [0.2, 0.25) is 0 Å². The van der Waals surface area contributed by atoms with Crippen molar-refractivity contribution in [1.29, 1.82) is 0 Å². The third-order valence-corrected chi connectivity index (χ3v) is 2.20. The quantitative estimate of drug-likeness (QED) is 0.712. The number of cyclic esters (lactones) is 1. The number of nitrogens with two attached hydrogens (primary N) is 1. The summed E-state index contributed by atoms with van der Waals surface area (Å²) >= 11 is 0. The third-order valence-electron chi connectivity index (χ3n) is 2.20. The molecule has 0 aromatic heterocycles. The van der Waals surface area contributed by atoms with Gasteiger partial charge in [-0.05, 0) is 6.42 Å². The number of nitrogens with zero attached hydrogens (tertiary/aromatic N) is 1. The Labute approximate surface area is 96.6 Å². The number of ether oxygens (including phenoxy) is 2. The molecule has 0 aliphatic carbocycles. The van der Waals surface area contributed by atoms with Gasteiger partial charge in [-0.25, -0.2) is 4.79 Å². The number of hydrogen-bond donors (Lipinski definition) is 1. The van der Waals surface area contributed by atoms with Crippen LogP contribution >= 0.6 is 0 Å². The van der Waals surface area contributed by atoms with Crippen LogP contribution in [0.2, 0.25) is 0 Å². The van der Waals surface area contributed by atoms with Gasteiger partial charge in [0.05, 0.1) is 6.54 Å². The number of rotatable bonds is 6. The standard InChI is InChI=1S/C9H15F3N2O3/c10-9(11,12)6-16-3-1-2-14-5-7(4-13)17-8(14)15/h7H,1-6,13H2. The smallest absolute Gasteiger partial charge is 0.411 e. The van der Waals surface area contributed by atoms with Gasteiger partial charge in [0, 0.05) is 19.7 Å². The topological polar surface area (TPSA) is 64.8 Å². The van der Waals surface area contributed by atoms with Gasteiger partial charge in [0.1, 0.15) is 12.7 Å². The van der Waals surface area contributed by atoms with Gasteiger partial charge in [0.15, 0.2) is 0 Å². The van der Waals surface area contributed by atoms with Crippen molar-refractivity contribution in [2.75, 3.05) is 32.8 Å². The average molecular weight is 256 g/mol. The van der Waals surface area contributed by atoms with E-state index in [2.05, 4.69) is 4.74 Å². The molecule has 0 aromatic carbocycles. The molecule has 0 aromatic rings. The van der Waals surface area contributed by atoms with Crippen molar-refractivity contribution in [2.24, 2.45) is 5.73 Å². The van der Waals surface area contributed by atoms with Crippen molar-refractivity contribution in [1.82, 2.24) is 4.90 Å². The lowest BCUT2D eigenvalue weighted by Gasteiger charge is -2.13. The van der Waals surface area contributed by atoms with Crippen molar-refractivity contribution in [3.63, 3.8) is 0 Å². The van der Waals surface area contributed by atoms with E-state index < -0.39 is 18.9 Å². The van der Waals surface area contributed by atoms with Crippen molar-refractivity contribution in [2.45, 2.75) is 18.7 Å². The largest absolute Gasteiger partial charge is 0.443 e. The van der Waals surface area contributed by atoms with Crippen LogP contribution in [0, 0.1) is 0 Å². The summed E-state index contributed by atoms with van der Waals surface area (Å²) in [5.41, 5.74) is 5.33. The number of carbonyl (C=O) groups excluding carboxylic acids is 1. The van der Waals surface area contributed by atoms with Crippen molar-refractivity contribution in [3.8, 4) is 0 Å². The molecule has 17 heavy (non-hydrogen) atoms. The molecule has 5 nitrogen and oxygen atoms in total. The van der Waals surface area contributed by atoms with Gasteiger partial charge in [-0.2, -0.15) is 13.2 Å². The molecule has 0 radical (unpaired) electrons. The minimum atomic E-state index is -4.31. The zero-order valence-electron chi connectivity index (χ0n) is 9.20. The molecule has 8 heteroatoms. The van der Waals surface area contributed by atoms with Crippen molar-refractivity contribution < 1.29 is 27.4 Å². The Morgan fingerprint density at radius 2 is 2.24 bits per heavy atom. The normalized spacial score (nSPS) is 20.8. The molecule has 0 spiro atoms. The first-order valence-corrected chi connectivity index (χ1v) is 5.22. The van der Waals surface area contributed by atoms with E-state index >= 15 is 0 Å². The minimum absolute atomic E-state index is 0.0451. The molecular weight excluding hydrogens is 241 g/mol. The third kappa shape index (κ3) is 5.22. The average Bonchev–Trinajstić information content (AvgIpc) is 2.57. The molecule has 0 bridgehead atoms. The molecule has 1 rings (SSSR count). The van der Waals surface area contributed by atoms with Crippen LogP contribution in [-0.4, -0.2) is 56.1 Å². The fraction of sp³-hybridized carbons (Fsp3) is 0.889. The summed E-state index contributed by atoms with van der Waals surface area (Å²) < 4.78 is 44.5. The maximum atomic E-state index is 11.7. The lowest BCUT2D eigenvalue weighted by molar-refractivity contribution is -0.174. The van der Waals surface area contributed by atoms with E-state index in [-0.39, 0.29) is 19.3 Å². The monoisotopic (exact) mass is 256 g/mol. The Bertz CT molecular complexity index is 260. The molecule has 1 unspecified atom stereocenters. The van der Waals surface area contributed by atoms with E-state index in [1.165, 1.54) is 4.90 Å². The molecule has 1 saturated heterocycles. The van der Waals surface area contributed by atoms with Crippen LogP contribution in [0.15, 0.2) is 0 Å². The second kappa shape index (κ2) is 6.06. The van der Waals surface area contributed by atoms with E-state index in [4.69, 9.17) is 10.5 Å². The second-order valence-electron chi connectivity index (χ2n) is 3.71. The predicted octanol–water partition coefficient (Wildman–Crippen LogP) is 0.735. The summed E-state index contributed by atoms with van der Waals surface area (Å²) in [4.78, 5) is 12.6. The molecule has 1 fully saturated rings. The zero-order chi connectivity index (χ0) is 12.9. The maximum Gasteiger partial charge on any atom is 0.411 e. The lowest BCUT2D eigenvalue weighted by Crippen LogP contribution is -2.29. The van der Waals surface area contributed by atoms with Gasteiger partial charge in [-0.3, -0.25) is 0 Å². The number of amides is 1. The van der Waals surface area contributed by atoms with E-state index in [1.807, 2.05) is 0 Å². The Kier molecular flexibility index (Phi) is 5.01. The number of hydrogen-bond acceptors (Lipinski definition) is 4. The van der Waals surface area contributed by atoms with E-state index in [0.717, 1.165) is 0 Å². The zero-order valence-corrected chi connectivity index (χ0v) is 9.20. The van der Waals surface area contributed by atoms with E-state index in [1.54, 1.807) is 0 Å². The number of carbonyl (C=O) groups is 1. The van der Waals surface area contributed by atoms with Crippen LogP contribution in [0.3, 0.4) is 0 Å². The Morgan fingerprint density at radius 1 is 1.53 bits per heavy atom. The molecule has 1 aliphatic rings. The Hall–Kier alpha value is -1.02. The van der Waals surface area contributed by atoms with Gasteiger partial charge < -0.3 is 20.1 Å². The molecular formula is C9H15F3N2O3. The first-order chi connectivity index (χ1) is 7.92. The second-order valence-corrected chi connectivity index (χ2v) is 3.71. The summed E-state index contributed by atoms with van der Waals surface area (Å²) in [6, 6.07) is 0. The molecule has 2 N–H and O–H groups in total. The number of alkyl halides is 3. The SMILES string of the molecule is NCC1CN(CCCOCC(F)(F)F)C(=O)O1. The first-order valence-electron chi connectivity index (χ1n) is 5.22. The minimum Gasteiger partial charge on any atom is -0.443 e. The molecule has 100 valence electrons.